The van der Waals surface area contributed by atoms with Gasteiger partial charge in [-0.1, -0.05) is 0 Å². The predicted molar refractivity (Wildman–Crippen MR) is 38.0 cm³/mol. The second kappa shape index (κ2) is 2.84. The molecule has 0 aromatic rings. The topological polar surface area (TPSA) is 46.2 Å². The lowest BCUT2D eigenvalue weighted by Crippen LogP contribution is -2.41. The summed E-state index contributed by atoms with van der Waals surface area (Å²) >= 11 is 0. The van der Waals surface area contributed by atoms with Crippen LogP contribution in [0, 0.1) is 0 Å². The molecule has 0 bridgehead atoms. The van der Waals surface area contributed by atoms with Gasteiger partial charge in [-0.3, -0.25) is 0 Å². The van der Waals surface area contributed by atoms with Crippen LogP contribution in [0.25, 0.3) is 0 Å². The lowest BCUT2D eigenvalue weighted by molar-refractivity contribution is 0.452. The zero-order valence-corrected chi connectivity index (χ0v) is 7.13. The first-order valence-corrected chi connectivity index (χ1v) is 4.43. The third kappa shape index (κ3) is 4.69. The molecular weight excluding hydrogens is 157 g/mol. The van der Waals surface area contributed by atoms with Crippen molar-refractivity contribution in [3.8, 4) is 0 Å². The SMILES string of the molecule is CNC(C)(C)CS(=O)(=O)F. The van der Waals surface area contributed by atoms with Gasteiger partial charge in [-0.05, 0) is 20.9 Å². The summed E-state index contributed by atoms with van der Waals surface area (Å²) in [6.45, 7) is 3.23. The fourth-order valence-electron chi connectivity index (χ4n) is 0.503. The smallest absolute Gasteiger partial charge is 0.304 e. The molecule has 0 saturated carbocycles. The van der Waals surface area contributed by atoms with E-state index in [9.17, 15) is 12.3 Å². The third-order valence-electron chi connectivity index (χ3n) is 1.21. The molecule has 1 N–H and O–H groups in total. The maximum Gasteiger partial charge on any atom is 0.304 e. The third-order valence-corrected chi connectivity index (χ3v) is 2.28. The molecule has 0 amide bonds. The summed E-state index contributed by atoms with van der Waals surface area (Å²) in [6, 6.07) is 0. The largest absolute Gasteiger partial charge is 0.314 e. The first kappa shape index (κ1) is 9.84. The molecule has 5 heteroatoms. The Bertz CT molecular complexity index is 198. The fraction of sp³-hybridized carbons (Fsp3) is 1.00. The summed E-state index contributed by atoms with van der Waals surface area (Å²) in [5.74, 6) is -0.490. The van der Waals surface area contributed by atoms with E-state index in [2.05, 4.69) is 5.32 Å². The highest BCUT2D eigenvalue weighted by Gasteiger charge is 2.23. The molecule has 0 aromatic heterocycles. The van der Waals surface area contributed by atoms with Crippen LogP contribution in [0.4, 0.5) is 3.89 Å². The van der Waals surface area contributed by atoms with Crippen molar-refractivity contribution in [2.75, 3.05) is 12.8 Å². The van der Waals surface area contributed by atoms with Crippen LogP contribution in [0.2, 0.25) is 0 Å². The molecule has 0 rings (SSSR count). The molecule has 62 valence electrons. The van der Waals surface area contributed by atoms with Gasteiger partial charge in [0.15, 0.2) is 0 Å². The Labute approximate surface area is 60.8 Å². The van der Waals surface area contributed by atoms with Gasteiger partial charge in [0.05, 0.1) is 5.75 Å². The van der Waals surface area contributed by atoms with Crippen molar-refractivity contribution in [3.05, 3.63) is 0 Å². The minimum atomic E-state index is -4.36. The van der Waals surface area contributed by atoms with E-state index in [1.54, 1.807) is 20.9 Å². The van der Waals surface area contributed by atoms with Gasteiger partial charge in [-0.25, -0.2) is 0 Å². The van der Waals surface area contributed by atoms with E-state index >= 15 is 0 Å². The van der Waals surface area contributed by atoms with Gasteiger partial charge in [0.25, 0.3) is 0 Å². The number of halogens is 1. The zero-order chi connectivity index (χ0) is 8.41. The fourth-order valence-corrected chi connectivity index (χ4v) is 1.51. The van der Waals surface area contributed by atoms with Crippen molar-refractivity contribution in [2.45, 2.75) is 19.4 Å². The second-order valence-corrected chi connectivity index (χ2v) is 4.18. The van der Waals surface area contributed by atoms with Crippen LogP contribution >= 0.6 is 0 Å². The molecule has 0 aromatic carbocycles. The van der Waals surface area contributed by atoms with Crippen molar-refractivity contribution in [1.29, 1.82) is 0 Å². The monoisotopic (exact) mass is 169 g/mol. The van der Waals surface area contributed by atoms with Crippen LogP contribution in [0.1, 0.15) is 13.8 Å². The molecule has 10 heavy (non-hydrogen) atoms. The molecule has 0 radical (unpaired) electrons. The van der Waals surface area contributed by atoms with Crippen LogP contribution in [0.15, 0.2) is 0 Å². The van der Waals surface area contributed by atoms with E-state index in [1.165, 1.54) is 0 Å². The van der Waals surface area contributed by atoms with Crippen LogP contribution < -0.4 is 5.32 Å². The van der Waals surface area contributed by atoms with Gasteiger partial charge in [0, 0.05) is 5.54 Å². The van der Waals surface area contributed by atoms with E-state index in [4.69, 9.17) is 0 Å². The maximum absolute atomic E-state index is 12.0. The molecule has 0 saturated heterocycles. The molecule has 0 unspecified atom stereocenters. The minimum Gasteiger partial charge on any atom is -0.314 e. The normalized spacial score (nSPS) is 13.6. The molecule has 3 nitrogen and oxygen atoms in total. The first-order valence-electron chi connectivity index (χ1n) is 2.88. The molecule has 0 fully saturated rings. The quantitative estimate of drug-likeness (QED) is 0.617. The highest BCUT2D eigenvalue weighted by Crippen LogP contribution is 2.06. The van der Waals surface area contributed by atoms with Crippen LogP contribution in [0.5, 0.6) is 0 Å². The maximum atomic E-state index is 12.0. The van der Waals surface area contributed by atoms with Gasteiger partial charge >= 0.3 is 10.2 Å². The Morgan fingerprint density at radius 1 is 1.50 bits per heavy atom. The van der Waals surface area contributed by atoms with Crippen molar-refractivity contribution < 1.29 is 12.3 Å². The highest BCUT2D eigenvalue weighted by molar-refractivity contribution is 7.86. The second-order valence-electron chi connectivity index (χ2n) is 2.82. The number of nitrogens with one attached hydrogen (secondary N) is 1. The van der Waals surface area contributed by atoms with Crippen molar-refractivity contribution in [2.24, 2.45) is 0 Å². The van der Waals surface area contributed by atoms with E-state index in [0.717, 1.165) is 0 Å². The van der Waals surface area contributed by atoms with Gasteiger partial charge in [-0.2, -0.15) is 8.42 Å². The lowest BCUT2D eigenvalue weighted by atomic mass is 10.1. The van der Waals surface area contributed by atoms with Gasteiger partial charge in [0.2, 0.25) is 0 Å². The Hall–Kier alpha value is -0.160. The van der Waals surface area contributed by atoms with E-state index in [1.807, 2.05) is 0 Å². The number of hydrogen-bond acceptors (Lipinski definition) is 3. The minimum absolute atomic E-state index is 0.490. The van der Waals surface area contributed by atoms with E-state index in [0.29, 0.717) is 0 Å². The lowest BCUT2D eigenvalue weighted by Gasteiger charge is -2.20. The van der Waals surface area contributed by atoms with E-state index < -0.39 is 21.5 Å². The predicted octanol–water partition coefficient (Wildman–Crippen LogP) is 0.284. The standard InChI is InChI=1S/C5H12FNO2S/c1-5(2,7-3)4-10(6,8)9/h7H,4H2,1-3H3. The van der Waals surface area contributed by atoms with Gasteiger partial charge < -0.3 is 5.32 Å². The molecule has 0 aliphatic rings. The summed E-state index contributed by atoms with van der Waals surface area (Å²) in [5.41, 5.74) is -0.687. The molecule has 0 spiro atoms. The van der Waals surface area contributed by atoms with Crippen molar-refractivity contribution in [3.63, 3.8) is 0 Å². The summed E-state index contributed by atoms with van der Waals surface area (Å²) in [7, 11) is -2.77. The zero-order valence-electron chi connectivity index (χ0n) is 6.31. The summed E-state index contributed by atoms with van der Waals surface area (Å²) < 4.78 is 32.2. The average molecular weight is 169 g/mol. The summed E-state index contributed by atoms with van der Waals surface area (Å²) in [4.78, 5) is 0. The molecule has 0 aliphatic carbocycles. The number of hydrogen-bond donors (Lipinski definition) is 1. The molecule has 0 heterocycles. The van der Waals surface area contributed by atoms with Crippen molar-refractivity contribution in [1.82, 2.24) is 5.32 Å². The molecule has 0 aliphatic heterocycles. The highest BCUT2D eigenvalue weighted by atomic mass is 32.3. The van der Waals surface area contributed by atoms with Crippen molar-refractivity contribution >= 4 is 10.2 Å². The average Bonchev–Trinajstić information content (AvgIpc) is 1.60. The Kier molecular flexibility index (Phi) is 2.79. The Balaban J connectivity index is 4.16. The summed E-state index contributed by atoms with van der Waals surface area (Å²) in [5, 5.41) is 2.68. The van der Waals surface area contributed by atoms with Gasteiger partial charge in [-0.15, -0.1) is 3.89 Å². The van der Waals surface area contributed by atoms with Crippen LogP contribution in [0.3, 0.4) is 0 Å². The number of rotatable bonds is 3. The van der Waals surface area contributed by atoms with Gasteiger partial charge in [0.1, 0.15) is 0 Å². The van der Waals surface area contributed by atoms with Crippen LogP contribution in [-0.4, -0.2) is 26.8 Å². The first-order chi connectivity index (χ1) is 4.27. The van der Waals surface area contributed by atoms with Crippen LogP contribution in [-0.2, 0) is 10.2 Å². The van der Waals surface area contributed by atoms with E-state index in [-0.39, 0.29) is 0 Å². The summed E-state index contributed by atoms with van der Waals surface area (Å²) in [6.07, 6.45) is 0. The molecular formula is C5H12FNO2S. The Morgan fingerprint density at radius 2 is 1.90 bits per heavy atom. The molecule has 0 atom stereocenters. The Morgan fingerprint density at radius 3 is 2.00 bits per heavy atom.